The van der Waals surface area contributed by atoms with Gasteiger partial charge in [-0.3, -0.25) is 4.79 Å². The third-order valence-electron chi connectivity index (χ3n) is 3.53. The third-order valence-corrected chi connectivity index (χ3v) is 3.87. The second-order valence-electron chi connectivity index (χ2n) is 5.43. The molecule has 0 aliphatic carbocycles. The molecule has 0 aliphatic heterocycles. The summed E-state index contributed by atoms with van der Waals surface area (Å²) < 4.78 is 0. The third kappa shape index (κ3) is 10.0. The number of carboxylic acid groups (broad SMARTS) is 1. The predicted octanol–water partition coefficient (Wildman–Crippen LogP) is 5.06. The number of rotatable bonds is 9. The van der Waals surface area contributed by atoms with Crippen LogP contribution >= 0.6 is 23.2 Å². The first-order valence-electron chi connectivity index (χ1n) is 8.35. The fourth-order valence-electron chi connectivity index (χ4n) is 2.28. The molecule has 2 rings (SSSR count). The zero-order valence-corrected chi connectivity index (χ0v) is 15.8. The van der Waals surface area contributed by atoms with E-state index in [2.05, 4.69) is 4.90 Å². The van der Waals surface area contributed by atoms with Crippen molar-refractivity contribution in [2.24, 2.45) is 0 Å². The molecular formula is C20H25Cl2NO2. The van der Waals surface area contributed by atoms with Crippen LogP contribution in [0.5, 0.6) is 0 Å². The summed E-state index contributed by atoms with van der Waals surface area (Å²) >= 11 is 11.5. The van der Waals surface area contributed by atoms with Gasteiger partial charge in [0.2, 0.25) is 0 Å². The topological polar surface area (TPSA) is 40.5 Å². The highest BCUT2D eigenvalue weighted by Crippen LogP contribution is 2.16. The average Bonchev–Trinajstić information content (AvgIpc) is 2.64. The predicted molar refractivity (Wildman–Crippen MR) is 107 cm³/mol. The van der Waals surface area contributed by atoms with Gasteiger partial charge in [-0.2, -0.15) is 0 Å². The minimum atomic E-state index is -0.743. The molecule has 0 unspecified atom stereocenters. The standard InChI is InChI=1S/C14H19Cl2NO2.C6H6/c15-8-10-17(11-9-16)13-6-4-12(5-7-13)2-1-3-14(18)19;1-2-4-6-5-3-1/h4-7H,1-3,8-11H2,(H,18,19);1-6H. The van der Waals surface area contributed by atoms with Crippen LogP contribution in [-0.2, 0) is 11.2 Å². The summed E-state index contributed by atoms with van der Waals surface area (Å²) in [5, 5.41) is 8.59. The van der Waals surface area contributed by atoms with Crippen molar-refractivity contribution in [3.63, 3.8) is 0 Å². The van der Waals surface area contributed by atoms with Gasteiger partial charge in [0.1, 0.15) is 0 Å². The van der Waals surface area contributed by atoms with Gasteiger partial charge in [-0.1, -0.05) is 48.5 Å². The maximum atomic E-state index is 10.4. The van der Waals surface area contributed by atoms with Crippen LogP contribution in [0.25, 0.3) is 0 Å². The summed E-state index contributed by atoms with van der Waals surface area (Å²) in [5.41, 5.74) is 2.25. The summed E-state index contributed by atoms with van der Waals surface area (Å²) in [7, 11) is 0. The Morgan fingerprint density at radius 2 is 1.36 bits per heavy atom. The highest BCUT2D eigenvalue weighted by atomic mass is 35.5. The Balaban J connectivity index is 0.000000435. The van der Waals surface area contributed by atoms with Gasteiger partial charge in [-0.15, -0.1) is 23.2 Å². The number of hydrogen-bond donors (Lipinski definition) is 1. The van der Waals surface area contributed by atoms with Crippen LogP contribution in [-0.4, -0.2) is 35.9 Å². The van der Waals surface area contributed by atoms with Crippen molar-refractivity contribution in [1.82, 2.24) is 0 Å². The number of carbonyl (C=O) groups is 1. The number of nitrogens with zero attached hydrogens (tertiary/aromatic N) is 1. The molecule has 5 heteroatoms. The average molecular weight is 382 g/mol. The second kappa shape index (κ2) is 13.6. The van der Waals surface area contributed by atoms with Gasteiger partial charge in [0, 0.05) is 37.0 Å². The van der Waals surface area contributed by atoms with E-state index in [-0.39, 0.29) is 6.42 Å². The van der Waals surface area contributed by atoms with Crippen molar-refractivity contribution < 1.29 is 9.90 Å². The van der Waals surface area contributed by atoms with Crippen LogP contribution in [0, 0.1) is 0 Å². The Hall–Kier alpha value is -1.71. The van der Waals surface area contributed by atoms with E-state index in [9.17, 15) is 4.79 Å². The van der Waals surface area contributed by atoms with Gasteiger partial charge in [0.05, 0.1) is 0 Å². The Morgan fingerprint density at radius 3 is 1.76 bits per heavy atom. The quantitative estimate of drug-likeness (QED) is 0.616. The first-order chi connectivity index (χ1) is 12.2. The minimum Gasteiger partial charge on any atom is -0.481 e. The molecule has 0 saturated carbocycles. The van der Waals surface area contributed by atoms with Crippen LogP contribution in [0.1, 0.15) is 18.4 Å². The molecular weight excluding hydrogens is 357 g/mol. The van der Waals surface area contributed by atoms with Crippen molar-refractivity contribution in [2.45, 2.75) is 19.3 Å². The van der Waals surface area contributed by atoms with Crippen LogP contribution < -0.4 is 4.90 Å². The van der Waals surface area contributed by atoms with E-state index >= 15 is 0 Å². The van der Waals surface area contributed by atoms with E-state index in [1.807, 2.05) is 60.7 Å². The summed E-state index contributed by atoms with van der Waals surface area (Å²) in [6.07, 6.45) is 1.67. The molecule has 0 radical (unpaired) electrons. The van der Waals surface area contributed by atoms with Gasteiger partial charge in [-0.25, -0.2) is 0 Å². The molecule has 1 N–H and O–H groups in total. The molecule has 0 fully saturated rings. The lowest BCUT2D eigenvalue weighted by Crippen LogP contribution is -2.27. The van der Waals surface area contributed by atoms with Gasteiger partial charge in [-0.05, 0) is 30.5 Å². The van der Waals surface area contributed by atoms with Gasteiger partial charge in [0.15, 0.2) is 0 Å². The molecule has 0 amide bonds. The molecule has 0 bridgehead atoms. The Morgan fingerprint density at radius 1 is 0.880 bits per heavy atom. The number of halogens is 2. The van der Waals surface area contributed by atoms with E-state index < -0.39 is 5.97 Å². The molecule has 136 valence electrons. The van der Waals surface area contributed by atoms with E-state index in [1.165, 1.54) is 0 Å². The first kappa shape index (κ1) is 21.3. The molecule has 0 aliphatic rings. The van der Waals surface area contributed by atoms with E-state index in [1.54, 1.807) is 0 Å². The lowest BCUT2D eigenvalue weighted by Gasteiger charge is -2.23. The number of hydrogen-bond acceptors (Lipinski definition) is 2. The fourth-order valence-corrected chi connectivity index (χ4v) is 2.68. The van der Waals surface area contributed by atoms with Gasteiger partial charge < -0.3 is 10.0 Å². The maximum absolute atomic E-state index is 10.4. The van der Waals surface area contributed by atoms with Crippen molar-refractivity contribution in [1.29, 1.82) is 0 Å². The second-order valence-corrected chi connectivity index (χ2v) is 6.19. The lowest BCUT2D eigenvalue weighted by molar-refractivity contribution is -0.137. The molecule has 2 aromatic rings. The number of aliphatic carboxylic acids is 1. The van der Waals surface area contributed by atoms with Crippen LogP contribution in [0.2, 0.25) is 0 Å². The molecule has 3 nitrogen and oxygen atoms in total. The molecule has 0 spiro atoms. The number of aryl methyl sites for hydroxylation is 1. The Labute approximate surface area is 160 Å². The molecule has 0 atom stereocenters. The van der Waals surface area contributed by atoms with Crippen LogP contribution in [0.15, 0.2) is 60.7 Å². The molecule has 2 aromatic carbocycles. The SMILES string of the molecule is O=C(O)CCCc1ccc(N(CCCl)CCCl)cc1.c1ccccc1. The zero-order valence-electron chi connectivity index (χ0n) is 14.3. The summed E-state index contributed by atoms with van der Waals surface area (Å²) in [5.74, 6) is 0.390. The van der Waals surface area contributed by atoms with E-state index in [4.69, 9.17) is 28.3 Å². The van der Waals surface area contributed by atoms with Crippen LogP contribution in [0.3, 0.4) is 0 Å². The Kier molecular flexibility index (Phi) is 11.6. The number of anilines is 1. The number of benzene rings is 2. The van der Waals surface area contributed by atoms with Crippen molar-refractivity contribution in [3.8, 4) is 0 Å². The highest BCUT2D eigenvalue weighted by Gasteiger charge is 2.05. The number of carboxylic acids is 1. The van der Waals surface area contributed by atoms with Crippen molar-refractivity contribution in [2.75, 3.05) is 29.7 Å². The molecule has 0 saturated heterocycles. The highest BCUT2D eigenvalue weighted by molar-refractivity contribution is 6.18. The van der Waals surface area contributed by atoms with Crippen molar-refractivity contribution in [3.05, 3.63) is 66.2 Å². The fraction of sp³-hybridized carbons (Fsp3) is 0.350. The molecule has 25 heavy (non-hydrogen) atoms. The van der Waals surface area contributed by atoms with E-state index in [0.29, 0.717) is 18.2 Å². The Bertz CT molecular complexity index is 543. The lowest BCUT2D eigenvalue weighted by atomic mass is 10.1. The summed E-state index contributed by atoms with van der Waals surface area (Å²) in [6, 6.07) is 20.1. The minimum absolute atomic E-state index is 0.215. The maximum Gasteiger partial charge on any atom is 0.303 e. The zero-order chi connectivity index (χ0) is 18.3. The first-order valence-corrected chi connectivity index (χ1v) is 9.42. The summed E-state index contributed by atoms with van der Waals surface area (Å²) in [6.45, 7) is 1.54. The molecule has 0 heterocycles. The smallest absolute Gasteiger partial charge is 0.303 e. The monoisotopic (exact) mass is 381 g/mol. The van der Waals surface area contributed by atoms with Crippen LogP contribution in [0.4, 0.5) is 5.69 Å². The molecule has 0 aromatic heterocycles. The van der Waals surface area contributed by atoms with E-state index in [0.717, 1.165) is 30.8 Å². The van der Waals surface area contributed by atoms with Crippen molar-refractivity contribution >= 4 is 34.9 Å². The normalized spacial score (nSPS) is 9.84. The largest absolute Gasteiger partial charge is 0.481 e. The summed E-state index contributed by atoms with van der Waals surface area (Å²) in [4.78, 5) is 12.6. The van der Waals surface area contributed by atoms with Gasteiger partial charge >= 0.3 is 5.97 Å². The van der Waals surface area contributed by atoms with Gasteiger partial charge in [0.25, 0.3) is 0 Å². The number of alkyl halides is 2.